The number of methoxy groups -OCH3 is 1. The average molecular weight is 483 g/mol. The number of hydrogen-bond donors (Lipinski definition) is 1. The molecule has 7 nitrogen and oxygen atoms in total. The Labute approximate surface area is 211 Å². The van der Waals surface area contributed by atoms with Gasteiger partial charge < -0.3 is 15.0 Å². The molecule has 0 saturated carbocycles. The van der Waals surface area contributed by atoms with E-state index in [0.717, 1.165) is 28.1 Å². The molecule has 3 aromatic carbocycles. The number of aromatic nitrogens is 2. The maximum Gasteiger partial charge on any atom is 0.254 e. The molecule has 1 aromatic heterocycles. The predicted molar refractivity (Wildman–Crippen MR) is 141 cm³/mol. The third kappa shape index (κ3) is 5.87. The lowest BCUT2D eigenvalue weighted by Crippen LogP contribution is -2.40. The van der Waals surface area contributed by atoms with Crippen molar-refractivity contribution in [2.24, 2.45) is 0 Å². The van der Waals surface area contributed by atoms with Crippen molar-refractivity contribution in [3.8, 4) is 16.9 Å². The van der Waals surface area contributed by atoms with Crippen molar-refractivity contribution in [3.63, 3.8) is 0 Å². The number of amides is 2. The maximum absolute atomic E-state index is 13.2. The van der Waals surface area contributed by atoms with Gasteiger partial charge in [-0.15, -0.1) is 0 Å². The number of hydrogen-bond acceptors (Lipinski definition) is 4. The van der Waals surface area contributed by atoms with Gasteiger partial charge in [-0.25, -0.2) is 4.68 Å². The third-order valence-corrected chi connectivity index (χ3v) is 5.89. The summed E-state index contributed by atoms with van der Waals surface area (Å²) in [6.45, 7) is 4.41. The van der Waals surface area contributed by atoms with Gasteiger partial charge in [0, 0.05) is 30.8 Å². The Kier molecular flexibility index (Phi) is 7.92. The van der Waals surface area contributed by atoms with E-state index >= 15 is 0 Å². The predicted octanol–water partition coefficient (Wildman–Crippen LogP) is 4.88. The zero-order chi connectivity index (χ0) is 25.5. The molecule has 0 fully saturated rings. The van der Waals surface area contributed by atoms with Crippen LogP contribution in [0, 0.1) is 13.8 Å². The summed E-state index contributed by atoms with van der Waals surface area (Å²) in [5, 5.41) is 7.73. The molecule has 0 saturated heterocycles. The molecule has 7 heteroatoms. The lowest BCUT2D eigenvalue weighted by Gasteiger charge is -2.23. The van der Waals surface area contributed by atoms with Crippen LogP contribution in [0.1, 0.15) is 21.5 Å². The number of carbonyl (C=O) groups is 2. The molecule has 0 unspecified atom stereocenters. The molecule has 0 bridgehead atoms. The van der Waals surface area contributed by atoms with Crippen molar-refractivity contribution in [1.29, 1.82) is 0 Å². The van der Waals surface area contributed by atoms with E-state index in [1.807, 2.05) is 92.7 Å². The maximum atomic E-state index is 13.2. The number of carbonyl (C=O) groups excluding carboxylic acids is 2. The Morgan fingerprint density at radius 3 is 2.33 bits per heavy atom. The summed E-state index contributed by atoms with van der Waals surface area (Å²) in [5.41, 5.74) is 5.05. The quantitative estimate of drug-likeness (QED) is 0.369. The highest BCUT2D eigenvalue weighted by molar-refractivity contribution is 6.00. The average Bonchev–Trinajstić information content (AvgIpc) is 3.31. The molecule has 1 N–H and O–H groups in total. The van der Waals surface area contributed by atoms with E-state index in [9.17, 15) is 9.59 Å². The van der Waals surface area contributed by atoms with Crippen molar-refractivity contribution in [2.75, 3.05) is 32.1 Å². The first-order chi connectivity index (χ1) is 17.5. The summed E-state index contributed by atoms with van der Waals surface area (Å²) in [5.74, 6) is -0.00374. The van der Waals surface area contributed by atoms with Crippen LogP contribution in [0.2, 0.25) is 0 Å². The standard InChI is InChI=1S/C29H30N4O3/c1-21-13-15-24(16-14-21)33-27(19-26(31-33)23-10-5-4-6-11-23)30-28(34)20-32(17-18-36-3)29(35)25-12-8-7-9-22(25)2/h4-16,19H,17-18,20H2,1-3H3,(H,30,34). The van der Waals surface area contributed by atoms with Gasteiger partial charge in [0.25, 0.3) is 5.91 Å². The highest BCUT2D eigenvalue weighted by Gasteiger charge is 2.21. The number of aryl methyl sites for hydroxylation is 2. The zero-order valence-electron chi connectivity index (χ0n) is 20.8. The van der Waals surface area contributed by atoms with Gasteiger partial charge in [-0.05, 0) is 37.6 Å². The minimum Gasteiger partial charge on any atom is -0.383 e. The summed E-state index contributed by atoms with van der Waals surface area (Å²) in [6, 6.07) is 26.9. The molecular weight excluding hydrogens is 452 g/mol. The summed E-state index contributed by atoms with van der Waals surface area (Å²) in [7, 11) is 1.57. The highest BCUT2D eigenvalue weighted by Crippen LogP contribution is 2.25. The van der Waals surface area contributed by atoms with E-state index in [1.165, 1.54) is 4.90 Å². The van der Waals surface area contributed by atoms with Gasteiger partial charge in [-0.1, -0.05) is 66.2 Å². The topological polar surface area (TPSA) is 76.5 Å². The van der Waals surface area contributed by atoms with E-state index in [-0.39, 0.29) is 18.4 Å². The van der Waals surface area contributed by atoms with E-state index in [1.54, 1.807) is 17.9 Å². The zero-order valence-corrected chi connectivity index (χ0v) is 20.8. The molecule has 36 heavy (non-hydrogen) atoms. The Hall–Kier alpha value is -4.23. The molecule has 0 atom stereocenters. The fourth-order valence-corrected chi connectivity index (χ4v) is 3.90. The van der Waals surface area contributed by atoms with Gasteiger partial charge in [0.2, 0.25) is 5.91 Å². The molecule has 0 spiro atoms. The molecule has 0 aliphatic heterocycles. The Bertz CT molecular complexity index is 1330. The molecule has 4 aromatic rings. The van der Waals surface area contributed by atoms with Gasteiger partial charge in [0.1, 0.15) is 12.4 Å². The van der Waals surface area contributed by atoms with E-state index < -0.39 is 0 Å². The van der Waals surface area contributed by atoms with Gasteiger partial charge in [-0.2, -0.15) is 5.10 Å². The summed E-state index contributed by atoms with van der Waals surface area (Å²) in [6.07, 6.45) is 0. The smallest absolute Gasteiger partial charge is 0.254 e. The van der Waals surface area contributed by atoms with Crippen LogP contribution in [0.25, 0.3) is 16.9 Å². The van der Waals surface area contributed by atoms with E-state index in [2.05, 4.69) is 5.32 Å². The first-order valence-electron chi connectivity index (χ1n) is 11.8. The number of nitrogens with one attached hydrogen (secondary N) is 1. The monoisotopic (exact) mass is 482 g/mol. The minimum atomic E-state index is -0.319. The number of ether oxygens (including phenoxy) is 1. The highest BCUT2D eigenvalue weighted by atomic mass is 16.5. The second kappa shape index (κ2) is 11.5. The number of nitrogens with zero attached hydrogens (tertiary/aromatic N) is 3. The van der Waals surface area contributed by atoms with Crippen LogP contribution in [0.5, 0.6) is 0 Å². The Morgan fingerprint density at radius 1 is 0.944 bits per heavy atom. The molecular formula is C29H30N4O3. The molecule has 0 aliphatic carbocycles. The van der Waals surface area contributed by atoms with Crippen LogP contribution in [0.3, 0.4) is 0 Å². The van der Waals surface area contributed by atoms with Crippen molar-refractivity contribution in [1.82, 2.24) is 14.7 Å². The lowest BCUT2D eigenvalue weighted by atomic mass is 10.1. The summed E-state index contributed by atoms with van der Waals surface area (Å²) >= 11 is 0. The van der Waals surface area contributed by atoms with Crippen LogP contribution in [0.4, 0.5) is 5.82 Å². The van der Waals surface area contributed by atoms with Crippen molar-refractivity contribution >= 4 is 17.6 Å². The normalized spacial score (nSPS) is 10.8. The second-order valence-corrected chi connectivity index (χ2v) is 8.61. The van der Waals surface area contributed by atoms with Crippen molar-refractivity contribution < 1.29 is 14.3 Å². The molecule has 0 radical (unpaired) electrons. The van der Waals surface area contributed by atoms with Crippen molar-refractivity contribution in [3.05, 3.63) is 102 Å². The molecule has 1 heterocycles. The van der Waals surface area contributed by atoms with Crippen LogP contribution >= 0.6 is 0 Å². The fourth-order valence-electron chi connectivity index (χ4n) is 3.90. The largest absolute Gasteiger partial charge is 0.383 e. The van der Waals surface area contributed by atoms with E-state index in [0.29, 0.717) is 24.5 Å². The van der Waals surface area contributed by atoms with Crippen LogP contribution in [-0.2, 0) is 9.53 Å². The first kappa shape index (κ1) is 24.9. The van der Waals surface area contributed by atoms with Crippen LogP contribution in [0.15, 0.2) is 84.9 Å². The number of rotatable bonds is 9. The van der Waals surface area contributed by atoms with Gasteiger partial charge in [0.15, 0.2) is 0 Å². The van der Waals surface area contributed by atoms with Gasteiger partial charge in [-0.3, -0.25) is 9.59 Å². The third-order valence-electron chi connectivity index (χ3n) is 5.89. The number of benzene rings is 3. The SMILES string of the molecule is COCCN(CC(=O)Nc1cc(-c2ccccc2)nn1-c1ccc(C)cc1)C(=O)c1ccccc1C. The van der Waals surface area contributed by atoms with Gasteiger partial charge in [0.05, 0.1) is 18.0 Å². The first-order valence-corrected chi connectivity index (χ1v) is 11.8. The van der Waals surface area contributed by atoms with Crippen LogP contribution in [-0.4, -0.2) is 53.3 Å². The number of anilines is 1. The Morgan fingerprint density at radius 2 is 1.64 bits per heavy atom. The Balaban J connectivity index is 1.60. The van der Waals surface area contributed by atoms with E-state index in [4.69, 9.17) is 9.84 Å². The molecule has 184 valence electrons. The summed E-state index contributed by atoms with van der Waals surface area (Å²) < 4.78 is 6.90. The fraction of sp³-hybridized carbons (Fsp3) is 0.207. The minimum absolute atomic E-state index is 0.115. The second-order valence-electron chi connectivity index (χ2n) is 8.61. The summed E-state index contributed by atoms with van der Waals surface area (Å²) in [4.78, 5) is 28.0. The van der Waals surface area contributed by atoms with Crippen molar-refractivity contribution in [2.45, 2.75) is 13.8 Å². The van der Waals surface area contributed by atoms with Gasteiger partial charge >= 0.3 is 0 Å². The lowest BCUT2D eigenvalue weighted by molar-refractivity contribution is -0.117. The molecule has 2 amide bonds. The molecule has 4 rings (SSSR count). The molecule has 0 aliphatic rings. The van der Waals surface area contributed by atoms with Crippen LogP contribution < -0.4 is 5.32 Å².